The van der Waals surface area contributed by atoms with Crippen LogP contribution in [-0.4, -0.2) is 24.5 Å². The largest absolute Gasteiger partial charge is 0.354 e. The first-order valence-corrected chi connectivity index (χ1v) is 5.77. The molecule has 1 amide bonds. The zero-order valence-corrected chi connectivity index (χ0v) is 8.94. The Morgan fingerprint density at radius 3 is 2.64 bits per heavy atom. The smallest absolute Gasteiger partial charge is 0.240 e. The van der Waals surface area contributed by atoms with E-state index in [0.29, 0.717) is 5.92 Å². The third-order valence-corrected chi connectivity index (χ3v) is 3.77. The van der Waals surface area contributed by atoms with Gasteiger partial charge in [-0.3, -0.25) is 4.79 Å². The molecule has 1 aliphatic carbocycles. The highest BCUT2D eigenvalue weighted by atomic mass is 16.2. The number of nitrogens with one attached hydrogen (secondary N) is 2. The summed E-state index contributed by atoms with van der Waals surface area (Å²) in [6.07, 6.45) is 6.03. The Labute approximate surface area is 85.6 Å². The highest BCUT2D eigenvalue weighted by molar-refractivity contribution is 5.86. The number of carbonyl (C=O) groups excluding carboxylic acids is 1. The van der Waals surface area contributed by atoms with Crippen LogP contribution in [0.2, 0.25) is 0 Å². The lowest BCUT2D eigenvalue weighted by Crippen LogP contribution is -2.57. The zero-order chi connectivity index (χ0) is 10.0. The van der Waals surface area contributed by atoms with Gasteiger partial charge in [0.05, 0.1) is 5.54 Å². The molecule has 2 fully saturated rings. The van der Waals surface area contributed by atoms with Gasteiger partial charge in [-0.05, 0) is 38.6 Å². The topological polar surface area (TPSA) is 41.1 Å². The Bertz CT molecular complexity index is 223. The maximum atomic E-state index is 11.9. The first-order chi connectivity index (χ1) is 6.73. The Balaban J connectivity index is 2.12. The SMILES string of the molecule is CC1(C2CCCC2)NCCCNC1=O. The molecule has 1 saturated carbocycles. The van der Waals surface area contributed by atoms with Crippen LogP contribution in [-0.2, 0) is 4.79 Å². The van der Waals surface area contributed by atoms with Gasteiger partial charge in [0.2, 0.25) is 5.91 Å². The van der Waals surface area contributed by atoms with Crippen LogP contribution in [0.15, 0.2) is 0 Å². The molecule has 2 aliphatic rings. The average molecular weight is 196 g/mol. The zero-order valence-electron chi connectivity index (χ0n) is 8.94. The van der Waals surface area contributed by atoms with E-state index in [-0.39, 0.29) is 11.4 Å². The number of amides is 1. The molecule has 80 valence electrons. The van der Waals surface area contributed by atoms with Gasteiger partial charge in [-0.15, -0.1) is 0 Å². The molecule has 14 heavy (non-hydrogen) atoms. The molecule has 2 rings (SSSR count). The third kappa shape index (κ3) is 1.65. The van der Waals surface area contributed by atoms with E-state index in [4.69, 9.17) is 0 Å². The Kier molecular flexibility index (Phi) is 2.77. The molecule has 1 aliphatic heterocycles. The molecule has 1 unspecified atom stereocenters. The molecule has 1 atom stereocenters. The lowest BCUT2D eigenvalue weighted by atomic mass is 9.83. The first-order valence-electron chi connectivity index (χ1n) is 5.77. The van der Waals surface area contributed by atoms with Gasteiger partial charge < -0.3 is 10.6 Å². The molecular formula is C11H20N2O. The molecule has 0 bridgehead atoms. The van der Waals surface area contributed by atoms with Crippen molar-refractivity contribution in [2.45, 2.75) is 44.6 Å². The Morgan fingerprint density at radius 1 is 1.21 bits per heavy atom. The fourth-order valence-electron chi connectivity index (χ4n) is 2.74. The second kappa shape index (κ2) is 3.89. The summed E-state index contributed by atoms with van der Waals surface area (Å²) in [7, 11) is 0. The minimum Gasteiger partial charge on any atom is -0.354 e. The third-order valence-electron chi connectivity index (χ3n) is 3.77. The molecule has 3 nitrogen and oxygen atoms in total. The van der Waals surface area contributed by atoms with Crippen molar-refractivity contribution in [3.05, 3.63) is 0 Å². The van der Waals surface area contributed by atoms with Crippen molar-refractivity contribution in [3.8, 4) is 0 Å². The molecule has 0 aromatic carbocycles. The lowest BCUT2D eigenvalue weighted by molar-refractivity contribution is -0.128. The van der Waals surface area contributed by atoms with Crippen molar-refractivity contribution in [1.29, 1.82) is 0 Å². The molecule has 0 aromatic heterocycles. The van der Waals surface area contributed by atoms with Gasteiger partial charge in [-0.25, -0.2) is 0 Å². The van der Waals surface area contributed by atoms with Crippen molar-refractivity contribution >= 4 is 5.91 Å². The van der Waals surface area contributed by atoms with Crippen LogP contribution >= 0.6 is 0 Å². The quantitative estimate of drug-likeness (QED) is 0.658. The summed E-state index contributed by atoms with van der Waals surface area (Å²) in [4.78, 5) is 11.9. The molecule has 2 N–H and O–H groups in total. The highest BCUT2D eigenvalue weighted by Crippen LogP contribution is 2.34. The van der Waals surface area contributed by atoms with Crippen LogP contribution < -0.4 is 10.6 Å². The molecule has 0 spiro atoms. The summed E-state index contributed by atoms with van der Waals surface area (Å²) in [5.74, 6) is 0.752. The fourth-order valence-corrected chi connectivity index (χ4v) is 2.74. The van der Waals surface area contributed by atoms with Gasteiger partial charge >= 0.3 is 0 Å². The summed E-state index contributed by atoms with van der Waals surface area (Å²) in [6.45, 7) is 3.86. The van der Waals surface area contributed by atoms with Gasteiger partial charge in [0.15, 0.2) is 0 Å². The van der Waals surface area contributed by atoms with Crippen molar-refractivity contribution in [2.24, 2.45) is 5.92 Å². The summed E-state index contributed by atoms with van der Waals surface area (Å²) >= 11 is 0. The van der Waals surface area contributed by atoms with Crippen molar-refractivity contribution in [1.82, 2.24) is 10.6 Å². The van der Waals surface area contributed by atoms with Crippen LogP contribution in [0.4, 0.5) is 0 Å². The number of hydrogen-bond donors (Lipinski definition) is 2. The van der Waals surface area contributed by atoms with Crippen molar-refractivity contribution < 1.29 is 4.79 Å². The molecule has 1 heterocycles. The summed E-state index contributed by atoms with van der Waals surface area (Å²) < 4.78 is 0. The molecule has 1 saturated heterocycles. The van der Waals surface area contributed by atoms with Gasteiger partial charge in [0, 0.05) is 6.54 Å². The minimum atomic E-state index is -0.299. The standard InChI is InChI=1S/C11H20N2O/c1-11(9-5-2-3-6-9)10(14)12-7-4-8-13-11/h9,13H,2-8H2,1H3,(H,12,14). The summed E-state index contributed by atoms with van der Waals surface area (Å²) in [5, 5.41) is 6.45. The van der Waals surface area contributed by atoms with Crippen LogP contribution in [0.5, 0.6) is 0 Å². The number of rotatable bonds is 1. The number of hydrogen-bond acceptors (Lipinski definition) is 2. The van der Waals surface area contributed by atoms with Crippen LogP contribution in [0.25, 0.3) is 0 Å². The van der Waals surface area contributed by atoms with E-state index in [0.717, 1.165) is 19.5 Å². The first kappa shape index (κ1) is 9.97. The van der Waals surface area contributed by atoms with E-state index in [1.807, 2.05) is 0 Å². The van der Waals surface area contributed by atoms with Crippen LogP contribution in [0.1, 0.15) is 39.0 Å². The van der Waals surface area contributed by atoms with E-state index in [1.54, 1.807) is 0 Å². The van der Waals surface area contributed by atoms with Crippen LogP contribution in [0.3, 0.4) is 0 Å². The maximum absolute atomic E-state index is 11.9. The van der Waals surface area contributed by atoms with E-state index in [1.165, 1.54) is 25.7 Å². The molecule has 3 heteroatoms. The maximum Gasteiger partial charge on any atom is 0.240 e. The lowest BCUT2D eigenvalue weighted by Gasteiger charge is -2.33. The second-order valence-electron chi connectivity index (χ2n) is 4.72. The molecule has 0 radical (unpaired) electrons. The predicted molar refractivity (Wildman–Crippen MR) is 56.0 cm³/mol. The minimum absolute atomic E-state index is 0.210. The van der Waals surface area contributed by atoms with E-state index in [9.17, 15) is 4.79 Å². The average Bonchev–Trinajstić information content (AvgIpc) is 2.64. The number of carbonyl (C=O) groups is 1. The van der Waals surface area contributed by atoms with Gasteiger partial charge in [0.1, 0.15) is 0 Å². The van der Waals surface area contributed by atoms with E-state index in [2.05, 4.69) is 17.6 Å². The van der Waals surface area contributed by atoms with E-state index >= 15 is 0 Å². The Hall–Kier alpha value is -0.570. The fraction of sp³-hybridized carbons (Fsp3) is 0.909. The summed E-state index contributed by atoms with van der Waals surface area (Å²) in [6, 6.07) is 0. The monoisotopic (exact) mass is 196 g/mol. The second-order valence-corrected chi connectivity index (χ2v) is 4.72. The normalized spacial score (nSPS) is 35.4. The van der Waals surface area contributed by atoms with Gasteiger partial charge in [0.25, 0.3) is 0 Å². The Morgan fingerprint density at radius 2 is 1.93 bits per heavy atom. The summed E-state index contributed by atoms with van der Waals surface area (Å²) in [5.41, 5.74) is -0.299. The van der Waals surface area contributed by atoms with Gasteiger partial charge in [-0.2, -0.15) is 0 Å². The van der Waals surface area contributed by atoms with Crippen molar-refractivity contribution in [2.75, 3.05) is 13.1 Å². The predicted octanol–water partition coefficient (Wildman–Crippen LogP) is 1.04. The van der Waals surface area contributed by atoms with Gasteiger partial charge in [-0.1, -0.05) is 12.8 Å². The van der Waals surface area contributed by atoms with E-state index < -0.39 is 0 Å². The van der Waals surface area contributed by atoms with Crippen LogP contribution in [0, 0.1) is 5.92 Å². The molecular weight excluding hydrogens is 176 g/mol. The highest BCUT2D eigenvalue weighted by Gasteiger charge is 2.42. The molecule has 0 aromatic rings. The van der Waals surface area contributed by atoms with Crippen molar-refractivity contribution in [3.63, 3.8) is 0 Å².